The molecule has 1 amide bonds. The number of carbonyl (C=O) groups excluding carboxylic acids is 1. The fourth-order valence-electron chi connectivity index (χ4n) is 3.83. The van der Waals surface area contributed by atoms with E-state index in [-0.39, 0.29) is 11.8 Å². The van der Waals surface area contributed by atoms with Gasteiger partial charge in [-0.1, -0.05) is 70.5 Å². The van der Waals surface area contributed by atoms with Gasteiger partial charge in [-0.05, 0) is 19.8 Å². The van der Waals surface area contributed by atoms with Gasteiger partial charge in [0.25, 0.3) is 5.91 Å². The second-order valence-corrected chi connectivity index (χ2v) is 7.83. The van der Waals surface area contributed by atoms with Crippen LogP contribution >= 0.6 is 0 Å². The van der Waals surface area contributed by atoms with Gasteiger partial charge in [0.2, 0.25) is 11.7 Å². The molecule has 1 aliphatic heterocycles. The Morgan fingerprint density at radius 1 is 0.935 bits per heavy atom. The Hall–Kier alpha value is -3.74. The number of nitrogens with zero attached hydrogens (tertiary/aromatic N) is 4. The van der Waals surface area contributed by atoms with Gasteiger partial charge in [0.15, 0.2) is 11.5 Å². The molecule has 0 N–H and O–H groups in total. The van der Waals surface area contributed by atoms with E-state index in [0.717, 1.165) is 24.0 Å². The summed E-state index contributed by atoms with van der Waals surface area (Å²) in [5, 5.41) is 8.11. The first-order chi connectivity index (χ1) is 15.2. The maximum absolute atomic E-state index is 12.9. The predicted molar refractivity (Wildman–Crippen MR) is 114 cm³/mol. The molecule has 3 heterocycles. The Kier molecular flexibility index (Phi) is 5.08. The van der Waals surface area contributed by atoms with Crippen molar-refractivity contribution >= 4 is 5.91 Å². The third kappa shape index (κ3) is 3.99. The Balaban J connectivity index is 1.22. The second-order valence-electron chi connectivity index (χ2n) is 7.83. The number of piperidine rings is 1. The number of aromatic nitrogens is 3. The molecule has 0 saturated carbocycles. The molecule has 2 aromatic heterocycles. The van der Waals surface area contributed by atoms with Crippen LogP contribution in [0.4, 0.5) is 0 Å². The smallest absolute Gasteiger partial charge is 0.276 e. The summed E-state index contributed by atoms with van der Waals surface area (Å²) < 4.78 is 10.9. The largest absolute Gasteiger partial charge is 0.355 e. The van der Waals surface area contributed by atoms with Gasteiger partial charge in [-0.2, -0.15) is 4.98 Å². The van der Waals surface area contributed by atoms with Crippen molar-refractivity contribution in [1.29, 1.82) is 0 Å². The number of hydrogen-bond donors (Lipinski definition) is 0. The summed E-state index contributed by atoms with van der Waals surface area (Å²) in [5.74, 6) is 1.86. The van der Waals surface area contributed by atoms with Crippen molar-refractivity contribution in [3.8, 4) is 22.7 Å². The second kappa shape index (κ2) is 8.18. The van der Waals surface area contributed by atoms with E-state index in [9.17, 15) is 4.79 Å². The summed E-state index contributed by atoms with van der Waals surface area (Å²) in [7, 11) is 0. The molecule has 31 heavy (non-hydrogen) atoms. The number of amides is 1. The molecule has 1 saturated heterocycles. The number of hydrogen-bond acceptors (Lipinski definition) is 6. The molecule has 0 bridgehead atoms. The van der Waals surface area contributed by atoms with E-state index in [1.165, 1.54) is 5.56 Å². The van der Waals surface area contributed by atoms with Gasteiger partial charge in [-0.3, -0.25) is 4.79 Å². The van der Waals surface area contributed by atoms with Crippen LogP contribution < -0.4 is 0 Å². The molecule has 4 aromatic rings. The average Bonchev–Trinajstić information content (AvgIpc) is 3.50. The first-order valence-electron chi connectivity index (χ1n) is 10.4. The highest BCUT2D eigenvalue weighted by Gasteiger charge is 2.29. The van der Waals surface area contributed by atoms with E-state index in [2.05, 4.69) is 15.3 Å². The van der Waals surface area contributed by atoms with Crippen LogP contribution in [-0.4, -0.2) is 39.2 Å². The molecule has 2 aromatic carbocycles. The van der Waals surface area contributed by atoms with Crippen LogP contribution in [0.5, 0.6) is 0 Å². The van der Waals surface area contributed by atoms with Gasteiger partial charge < -0.3 is 13.9 Å². The van der Waals surface area contributed by atoms with Crippen molar-refractivity contribution in [3.05, 3.63) is 77.8 Å². The van der Waals surface area contributed by atoms with Crippen LogP contribution in [0.25, 0.3) is 22.7 Å². The summed E-state index contributed by atoms with van der Waals surface area (Å²) in [5.41, 5.74) is 3.33. The van der Waals surface area contributed by atoms with E-state index in [4.69, 9.17) is 9.05 Å². The molecule has 7 nitrogen and oxygen atoms in total. The molecule has 1 fully saturated rings. The summed E-state index contributed by atoms with van der Waals surface area (Å²) in [4.78, 5) is 19.3. The van der Waals surface area contributed by atoms with Crippen LogP contribution in [0.2, 0.25) is 0 Å². The number of benzene rings is 2. The maximum atomic E-state index is 12.9. The van der Waals surface area contributed by atoms with Crippen LogP contribution in [0.15, 0.2) is 69.7 Å². The van der Waals surface area contributed by atoms with Crippen molar-refractivity contribution in [1.82, 2.24) is 20.2 Å². The SMILES string of the molecule is Cc1ccc(-c2cc(C(=O)N3CCC(c4nc(-c5ccccc5)no4)CC3)no2)cc1. The van der Waals surface area contributed by atoms with Crippen LogP contribution in [0.1, 0.15) is 40.7 Å². The molecule has 5 rings (SSSR count). The average molecular weight is 414 g/mol. The normalized spacial score (nSPS) is 14.7. The van der Waals surface area contributed by atoms with Crippen LogP contribution in [0.3, 0.4) is 0 Å². The minimum absolute atomic E-state index is 0.115. The minimum atomic E-state index is -0.115. The van der Waals surface area contributed by atoms with Crippen molar-refractivity contribution in [2.45, 2.75) is 25.7 Å². The lowest BCUT2D eigenvalue weighted by Gasteiger charge is -2.29. The minimum Gasteiger partial charge on any atom is -0.355 e. The lowest BCUT2D eigenvalue weighted by atomic mass is 9.96. The standard InChI is InChI=1S/C24H22N4O3/c1-16-7-9-17(10-8-16)21-15-20(26-30-21)24(29)28-13-11-19(12-14-28)23-25-22(27-31-23)18-5-3-2-4-6-18/h2-10,15,19H,11-14H2,1H3. The fraction of sp³-hybridized carbons (Fsp3) is 0.250. The maximum Gasteiger partial charge on any atom is 0.276 e. The molecule has 156 valence electrons. The van der Waals surface area contributed by atoms with Crippen molar-refractivity contribution in [3.63, 3.8) is 0 Å². The van der Waals surface area contributed by atoms with Crippen LogP contribution in [-0.2, 0) is 0 Å². The highest BCUT2D eigenvalue weighted by molar-refractivity contribution is 5.93. The van der Waals surface area contributed by atoms with Gasteiger partial charge >= 0.3 is 0 Å². The molecule has 0 atom stereocenters. The third-order valence-corrected chi connectivity index (χ3v) is 5.67. The Labute approximate surface area is 179 Å². The van der Waals surface area contributed by atoms with Gasteiger partial charge in [0.1, 0.15) is 0 Å². The molecular weight excluding hydrogens is 392 g/mol. The van der Waals surface area contributed by atoms with Crippen LogP contribution in [0, 0.1) is 6.92 Å². The van der Waals surface area contributed by atoms with E-state index < -0.39 is 0 Å². The first-order valence-corrected chi connectivity index (χ1v) is 10.4. The molecule has 7 heteroatoms. The van der Waals surface area contributed by atoms with E-state index in [0.29, 0.717) is 36.3 Å². The molecule has 1 aliphatic rings. The number of aryl methyl sites for hydroxylation is 1. The molecular formula is C24H22N4O3. The summed E-state index contributed by atoms with van der Waals surface area (Å²) in [6.45, 7) is 3.25. The highest BCUT2D eigenvalue weighted by atomic mass is 16.5. The quantitative estimate of drug-likeness (QED) is 0.480. The molecule has 0 unspecified atom stereocenters. The zero-order valence-corrected chi connectivity index (χ0v) is 17.2. The Bertz CT molecular complexity index is 1170. The Morgan fingerprint density at radius 3 is 2.42 bits per heavy atom. The van der Waals surface area contributed by atoms with Gasteiger partial charge in [0.05, 0.1) is 0 Å². The van der Waals surface area contributed by atoms with E-state index in [1.54, 1.807) is 6.07 Å². The fourth-order valence-corrected chi connectivity index (χ4v) is 3.83. The summed E-state index contributed by atoms with van der Waals surface area (Å²) >= 11 is 0. The van der Waals surface area contributed by atoms with Crippen molar-refractivity contribution < 1.29 is 13.8 Å². The first kappa shape index (κ1) is 19.2. The van der Waals surface area contributed by atoms with Crippen molar-refractivity contribution in [2.24, 2.45) is 0 Å². The highest BCUT2D eigenvalue weighted by Crippen LogP contribution is 2.29. The zero-order chi connectivity index (χ0) is 21.2. The van der Waals surface area contributed by atoms with Crippen molar-refractivity contribution in [2.75, 3.05) is 13.1 Å². The van der Waals surface area contributed by atoms with Gasteiger partial charge in [-0.15, -0.1) is 0 Å². The monoisotopic (exact) mass is 414 g/mol. The molecule has 0 radical (unpaired) electrons. The van der Waals surface area contributed by atoms with Gasteiger partial charge in [-0.25, -0.2) is 0 Å². The number of carbonyl (C=O) groups is 1. The topological polar surface area (TPSA) is 85.3 Å². The lowest BCUT2D eigenvalue weighted by molar-refractivity contribution is 0.0694. The number of rotatable bonds is 4. The third-order valence-electron chi connectivity index (χ3n) is 5.67. The predicted octanol–water partition coefficient (Wildman–Crippen LogP) is 4.72. The number of likely N-dealkylation sites (tertiary alicyclic amines) is 1. The zero-order valence-electron chi connectivity index (χ0n) is 17.2. The lowest BCUT2D eigenvalue weighted by Crippen LogP contribution is -2.38. The summed E-state index contributed by atoms with van der Waals surface area (Å²) in [6.07, 6.45) is 1.54. The summed E-state index contributed by atoms with van der Waals surface area (Å²) in [6, 6.07) is 19.4. The molecule has 0 aliphatic carbocycles. The van der Waals surface area contributed by atoms with Gasteiger partial charge in [0, 0.05) is 36.2 Å². The van der Waals surface area contributed by atoms with E-state index >= 15 is 0 Å². The van der Waals surface area contributed by atoms with E-state index in [1.807, 2.05) is 66.4 Å². The molecule has 0 spiro atoms. The Morgan fingerprint density at radius 2 is 1.68 bits per heavy atom.